The Hall–Kier alpha value is -1.14. The van der Waals surface area contributed by atoms with Crippen molar-refractivity contribution in [3.05, 3.63) is 34.9 Å². The summed E-state index contributed by atoms with van der Waals surface area (Å²) in [7, 11) is 0. The number of hydrogen-bond acceptors (Lipinski definition) is 2. The topological polar surface area (TPSA) is 18.5 Å². The minimum Gasteiger partial charge on any atom is -0.350 e. The van der Waals surface area contributed by atoms with E-state index in [9.17, 15) is 17.6 Å². The first kappa shape index (κ1) is 28.9. The SMILES string of the molecule is CCCCCCCCC(CCCCCc1cc(F)c(F)c(F)c1F)C(C)(OCC)OCC. The van der Waals surface area contributed by atoms with Crippen molar-refractivity contribution in [1.82, 2.24) is 0 Å². The van der Waals surface area contributed by atoms with Gasteiger partial charge in [-0.25, -0.2) is 17.6 Å². The Kier molecular flexibility index (Phi) is 14.1. The lowest BCUT2D eigenvalue weighted by Gasteiger charge is -2.37. The summed E-state index contributed by atoms with van der Waals surface area (Å²) in [6.45, 7) is 9.31. The van der Waals surface area contributed by atoms with Crippen molar-refractivity contribution in [2.75, 3.05) is 13.2 Å². The Balaban J connectivity index is 2.59. The molecule has 0 amide bonds. The summed E-state index contributed by atoms with van der Waals surface area (Å²) in [4.78, 5) is 0. The third kappa shape index (κ3) is 9.38. The van der Waals surface area contributed by atoms with Crippen molar-refractivity contribution in [2.45, 2.75) is 111 Å². The molecule has 32 heavy (non-hydrogen) atoms. The normalized spacial score (nSPS) is 13.0. The lowest BCUT2D eigenvalue weighted by Crippen LogP contribution is -2.41. The van der Waals surface area contributed by atoms with E-state index in [1.165, 1.54) is 32.1 Å². The molecule has 0 aliphatic rings. The van der Waals surface area contributed by atoms with Crippen molar-refractivity contribution >= 4 is 0 Å². The lowest BCUT2D eigenvalue weighted by atomic mass is 9.87. The molecule has 0 N–H and O–H groups in total. The van der Waals surface area contributed by atoms with Crippen molar-refractivity contribution in [3.8, 4) is 0 Å². The van der Waals surface area contributed by atoms with Crippen molar-refractivity contribution < 1.29 is 27.0 Å². The van der Waals surface area contributed by atoms with E-state index < -0.39 is 29.1 Å². The minimum atomic E-state index is -1.75. The van der Waals surface area contributed by atoms with E-state index in [1.54, 1.807) is 0 Å². The predicted molar refractivity (Wildman–Crippen MR) is 122 cm³/mol. The fourth-order valence-corrected chi connectivity index (χ4v) is 4.38. The van der Waals surface area contributed by atoms with Crippen LogP contribution in [0.2, 0.25) is 0 Å². The average Bonchev–Trinajstić information content (AvgIpc) is 2.76. The van der Waals surface area contributed by atoms with Gasteiger partial charge in [0.1, 0.15) is 0 Å². The second-order valence-corrected chi connectivity index (χ2v) is 8.69. The first-order chi connectivity index (χ1) is 15.3. The standard InChI is InChI=1S/C26H42F4O2/c1-5-8-9-10-11-14-17-21(26(4,31-6-2)32-7-3)18-15-12-13-16-20-19-22(27)24(29)25(30)23(20)28/h19,21H,5-18H2,1-4H3. The summed E-state index contributed by atoms with van der Waals surface area (Å²) in [5.41, 5.74) is -0.112. The predicted octanol–water partition coefficient (Wildman–Crippen LogP) is 8.50. The highest BCUT2D eigenvalue weighted by Crippen LogP contribution is 2.33. The van der Waals surface area contributed by atoms with Crippen LogP contribution in [0.1, 0.15) is 104 Å². The number of rotatable bonds is 18. The second kappa shape index (κ2) is 15.7. The molecule has 0 saturated heterocycles. The van der Waals surface area contributed by atoms with Gasteiger partial charge in [0.2, 0.25) is 0 Å². The quantitative estimate of drug-likeness (QED) is 0.0716. The average molecular weight is 463 g/mol. The molecule has 6 heteroatoms. The van der Waals surface area contributed by atoms with E-state index >= 15 is 0 Å². The molecule has 0 radical (unpaired) electrons. The number of hydrogen-bond donors (Lipinski definition) is 0. The maximum absolute atomic E-state index is 13.8. The van der Waals surface area contributed by atoms with E-state index in [1.807, 2.05) is 20.8 Å². The van der Waals surface area contributed by atoms with Crippen LogP contribution in [0.3, 0.4) is 0 Å². The second-order valence-electron chi connectivity index (χ2n) is 8.69. The molecule has 186 valence electrons. The first-order valence-electron chi connectivity index (χ1n) is 12.4. The number of aryl methyl sites for hydroxylation is 1. The van der Waals surface area contributed by atoms with Crippen LogP contribution >= 0.6 is 0 Å². The number of unbranched alkanes of at least 4 members (excludes halogenated alkanes) is 7. The van der Waals surface area contributed by atoms with Crippen LogP contribution in [0.5, 0.6) is 0 Å². The molecular weight excluding hydrogens is 420 g/mol. The zero-order chi connectivity index (χ0) is 24.0. The van der Waals surface area contributed by atoms with Gasteiger partial charge in [0.15, 0.2) is 29.1 Å². The monoisotopic (exact) mass is 462 g/mol. The highest BCUT2D eigenvalue weighted by molar-refractivity contribution is 5.21. The van der Waals surface area contributed by atoms with Crippen LogP contribution in [0.15, 0.2) is 6.07 Å². The molecule has 2 nitrogen and oxygen atoms in total. The van der Waals surface area contributed by atoms with Crippen LogP contribution in [-0.2, 0) is 15.9 Å². The Labute approximate surface area is 192 Å². The van der Waals surface area contributed by atoms with Gasteiger partial charge >= 0.3 is 0 Å². The van der Waals surface area contributed by atoms with Gasteiger partial charge in [-0.15, -0.1) is 0 Å². The summed E-state index contributed by atoms with van der Waals surface area (Å²) in [6, 6.07) is 0.760. The molecule has 0 saturated carbocycles. The Bertz CT molecular complexity index is 645. The van der Waals surface area contributed by atoms with Crippen molar-refractivity contribution in [2.24, 2.45) is 5.92 Å². The van der Waals surface area contributed by atoms with E-state index in [-0.39, 0.29) is 17.9 Å². The molecule has 0 aromatic heterocycles. The molecule has 1 unspecified atom stereocenters. The van der Waals surface area contributed by atoms with Gasteiger partial charge < -0.3 is 9.47 Å². The molecule has 0 spiro atoms. The molecular formula is C26H42F4O2. The fourth-order valence-electron chi connectivity index (χ4n) is 4.38. The van der Waals surface area contributed by atoms with Crippen LogP contribution in [0.4, 0.5) is 17.6 Å². The molecule has 1 aromatic rings. The van der Waals surface area contributed by atoms with Crippen LogP contribution in [-0.4, -0.2) is 19.0 Å². The van der Waals surface area contributed by atoms with E-state index in [2.05, 4.69) is 6.92 Å². The highest BCUT2D eigenvalue weighted by Gasteiger charge is 2.34. The first-order valence-corrected chi connectivity index (χ1v) is 12.4. The van der Waals surface area contributed by atoms with Gasteiger partial charge in [-0.2, -0.15) is 0 Å². The molecule has 1 aromatic carbocycles. The summed E-state index contributed by atoms with van der Waals surface area (Å²) < 4.78 is 65.8. The Morgan fingerprint density at radius 1 is 0.719 bits per heavy atom. The smallest absolute Gasteiger partial charge is 0.197 e. The minimum absolute atomic E-state index is 0.112. The van der Waals surface area contributed by atoms with Gasteiger partial charge in [-0.1, -0.05) is 58.3 Å². The third-order valence-electron chi connectivity index (χ3n) is 6.19. The summed E-state index contributed by atoms with van der Waals surface area (Å²) in [6.07, 6.45) is 11.7. The molecule has 0 aliphatic heterocycles. The van der Waals surface area contributed by atoms with E-state index in [4.69, 9.17) is 9.47 Å². The van der Waals surface area contributed by atoms with E-state index in [0.717, 1.165) is 38.2 Å². The van der Waals surface area contributed by atoms with E-state index in [0.29, 0.717) is 19.6 Å². The Morgan fingerprint density at radius 3 is 1.81 bits per heavy atom. The zero-order valence-corrected chi connectivity index (χ0v) is 20.4. The molecule has 0 heterocycles. The molecule has 0 aliphatic carbocycles. The maximum Gasteiger partial charge on any atom is 0.197 e. The lowest BCUT2D eigenvalue weighted by molar-refractivity contribution is -0.254. The van der Waals surface area contributed by atoms with Crippen molar-refractivity contribution in [1.29, 1.82) is 0 Å². The molecule has 1 atom stereocenters. The van der Waals surface area contributed by atoms with Gasteiger partial charge in [-0.3, -0.25) is 0 Å². The molecule has 0 fully saturated rings. The largest absolute Gasteiger partial charge is 0.350 e. The third-order valence-corrected chi connectivity index (χ3v) is 6.19. The molecule has 1 rings (SSSR count). The van der Waals surface area contributed by atoms with Crippen LogP contribution in [0.25, 0.3) is 0 Å². The number of halogens is 4. The van der Waals surface area contributed by atoms with Gasteiger partial charge in [0.05, 0.1) is 0 Å². The number of ether oxygens (including phenoxy) is 2. The van der Waals surface area contributed by atoms with Gasteiger partial charge in [0, 0.05) is 19.1 Å². The zero-order valence-electron chi connectivity index (χ0n) is 20.4. The van der Waals surface area contributed by atoms with Crippen molar-refractivity contribution in [3.63, 3.8) is 0 Å². The Morgan fingerprint density at radius 2 is 1.25 bits per heavy atom. The summed E-state index contributed by atoms with van der Waals surface area (Å²) in [5.74, 6) is -6.52. The molecule has 0 bridgehead atoms. The fraction of sp³-hybridized carbons (Fsp3) is 0.769. The van der Waals surface area contributed by atoms with Crippen LogP contribution < -0.4 is 0 Å². The number of benzene rings is 1. The van der Waals surface area contributed by atoms with Gasteiger partial charge in [-0.05, 0) is 58.1 Å². The van der Waals surface area contributed by atoms with Crippen LogP contribution in [0, 0.1) is 29.2 Å². The highest BCUT2D eigenvalue weighted by atomic mass is 19.2. The summed E-state index contributed by atoms with van der Waals surface area (Å²) in [5, 5.41) is 0. The maximum atomic E-state index is 13.8. The summed E-state index contributed by atoms with van der Waals surface area (Å²) >= 11 is 0. The van der Waals surface area contributed by atoms with Gasteiger partial charge in [0.25, 0.3) is 0 Å².